The van der Waals surface area contributed by atoms with Gasteiger partial charge in [-0.2, -0.15) is 0 Å². The maximum Gasteiger partial charge on any atom is 0.0685 e. The predicted molar refractivity (Wildman–Crippen MR) is 58.1 cm³/mol. The highest BCUT2D eigenvalue weighted by molar-refractivity contribution is 4.94. The molecule has 2 nitrogen and oxygen atoms in total. The van der Waals surface area contributed by atoms with Crippen LogP contribution in [0.2, 0.25) is 0 Å². The zero-order valence-corrected chi connectivity index (χ0v) is 9.30. The molecule has 1 spiro atoms. The first kappa shape index (κ1) is 10.4. The minimum atomic E-state index is 0.311. The molecule has 0 radical (unpaired) electrons. The van der Waals surface area contributed by atoms with E-state index in [0.29, 0.717) is 5.60 Å². The van der Waals surface area contributed by atoms with Crippen molar-refractivity contribution in [1.82, 2.24) is 0 Å². The van der Waals surface area contributed by atoms with Gasteiger partial charge >= 0.3 is 0 Å². The summed E-state index contributed by atoms with van der Waals surface area (Å²) in [5, 5.41) is 0. The Labute approximate surface area is 87.2 Å². The van der Waals surface area contributed by atoms with E-state index in [2.05, 4.69) is 6.92 Å². The molecule has 0 amide bonds. The Hall–Kier alpha value is -0.0800. The van der Waals surface area contributed by atoms with Gasteiger partial charge in [-0.25, -0.2) is 0 Å². The summed E-state index contributed by atoms with van der Waals surface area (Å²) in [6.45, 7) is 4.18. The van der Waals surface area contributed by atoms with Gasteiger partial charge in [0.1, 0.15) is 0 Å². The second-order valence-electron chi connectivity index (χ2n) is 5.19. The van der Waals surface area contributed by atoms with Crippen LogP contribution in [0.1, 0.15) is 45.4 Å². The summed E-state index contributed by atoms with van der Waals surface area (Å²) in [6, 6.07) is 0. The summed E-state index contributed by atoms with van der Waals surface area (Å²) in [5.41, 5.74) is 5.93. The van der Waals surface area contributed by atoms with Crippen LogP contribution < -0.4 is 5.73 Å². The Morgan fingerprint density at radius 1 is 1.50 bits per heavy atom. The van der Waals surface area contributed by atoms with Crippen molar-refractivity contribution >= 4 is 0 Å². The topological polar surface area (TPSA) is 35.2 Å². The van der Waals surface area contributed by atoms with Crippen molar-refractivity contribution in [3.63, 3.8) is 0 Å². The Morgan fingerprint density at radius 2 is 2.29 bits per heavy atom. The monoisotopic (exact) mass is 197 g/mol. The molecule has 1 aliphatic heterocycles. The van der Waals surface area contributed by atoms with Gasteiger partial charge in [0.2, 0.25) is 0 Å². The van der Waals surface area contributed by atoms with E-state index < -0.39 is 0 Å². The maximum absolute atomic E-state index is 5.93. The molecule has 1 aliphatic carbocycles. The molecule has 0 bridgehead atoms. The first-order chi connectivity index (χ1) is 6.76. The van der Waals surface area contributed by atoms with Crippen LogP contribution in [0.15, 0.2) is 0 Å². The molecule has 82 valence electrons. The summed E-state index contributed by atoms with van der Waals surface area (Å²) in [5.74, 6) is 1.66. The molecule has 2 aliphatic rings. The van der Waals surface area contributed by atoms with Crippen LogP contribution in [-0.4, -0.2) is 18.8 Å². The van der Waals surface area contributed by atoms with Gasteiger partial charge in [0, 0.05) is 6.61 Å². The van der Waals surface area contributed by atoms with Crippen molar-refractivity contribution in [2.75, 3.05) is 13.2 Å². The second kappa shape index (κ2) is 4.19. The molecular formula is C12H23NO. The van der Waals surface area contributed by atoms with Gasteiger partial charge in [-0.3, -0.25) is 0 Å². The lowest BCUT2D eigenvalue weighted by atomic mass is 9.69. The quantitative estimate of drug-likeness (QED) is 0.753. The van der Waals surface area contributed by atoms with Crippen LogP contribution in [-0.2, 0) is 4.74 Å². The predicted octanol–water partition coefficient (Wildman–Crippen LogP) is 2.32. The molecule has 1 heterocycles. The highest BCUT2D eigenvalue weighted by atomic mass is 16.5. The fraction of sp³-hybridized carbons (Fsp3) is 1.00. The van der Waals surface area contributed by atoms with E-state index in [9.17, 15) is 0 Å². The molecule has 1 saturated carbocycles. The Bertz CT molecular complexity index is 189. The molecule has 2 N–H and O–H groups in total. The summed E-state index contributed by atoms with van der Waals surface area (Å²) >= 11 is 0. The van der Waals surface area contributed by atoms with Crippen molar-refractivity contribution < 1.29 is 4.74 Å². The van der Waals surface area contributed by atoms with Gasteiger partial charge in [-0.05, 0) is 56.9 Å². The van der Waals surface area contributed by atoms with Crippen molar-refractivity contribution in [3.05, 3.63) is 0 Å². The second-order valence-corrected chi connectivity index (χ2v) is 5.19. The minimum Gasteiger partial charge on any atom is -0.375 e. The van der Waals surface area contributed by atoms with Crippen LogP contribution in [0.3, 0.4) is 0 Å². The fourth-order valence-corrected chi connectivity index (χ4v) is 2.97. The average Bonchev–Trinajstić information content (AvgIpc) is 2.16. The van der Waals surface area contributed by atoms with Gasteiger partial charge in [-0.15, -0.1) is 0 Å². The Kier molecular flexibility index (Phi) is 3.13. The standard InChI is InChI=1S/C12H23NO/c1-10(3-7-13)11-4-8-14-12(9-11)5-2-6-12/h10-11H,2-9,13H2,1H3. The SMILES string of the molecule is CC(CCN)C1CCOC2(CCC2)C1. The minimum absolute atomic E-state index is 0.311. The van der Waals surface area contributed by atoms with E-state index in [-0.39, 0.29) is 0 Å². The van der Waals surface area contributed by atoms with E-state index in [0.717, 1.165) is 25.0 Å². The fourth-order valence-electron chi connectivity index (χ4n) is 2.97. The summed E-state index contributed by atoms with van der Waals surface area (Å²) < 4.78 is 5.93. The van der Waals surface area contributed by atoms with E-state index in [4.69, 9.17) is 10.5 Å². The van der Waals surface area contributed by atoms with E-state index >= 15 is 0 Å². The zero-order chi connectivity index (χ0) is 10.0. The zero-order valence-electron chi connectivity index (χ0n) is 9.30. The summed E-state index contributed by atoms with van der Waals surface area (Å²) in [6.07, 6.45) is 7.72. The molecule has 0 aromatic carbocycles. The number of hydrogen-bond acceptors (Lipinski definition) is 2. The van der Waals surface area contributed by atoms with Crippen molar-refractivity contribution in [2.45, 2.75) is 51.0 Å². The molecule has 2 rings (SSSR count). The van der Waals surface area contributed by atoms with Gasteiger partial charge < -0.3 is 10.5 Å². The van der Waals surface area contributed by atoms with Crippen molar-refractivity contribution in [2.24, 2.45) is 17.6 Å². The first-order valence-electron chi connectivity index (χ1n) is 6.10. The lowest BCUT2D eigenvalue weighted by Gasteiger charge is -2.48. The Balaban J connectivity index is 1.87. The largest absolute Gasteiger partial charge is 0.375 e. The normalized spacial score (nSPS) is 32.6. The lowest BCUT2D eigenvalue weighted by molar-refractivity contribution is -0.149. The van der Waals surface area contributed by atoms with Crippen LogP contribution >= 0.6 is 0 Å². The molecule has 1 saturated heterocycles. The summed E-state index contributed by atoms with van der Waals surface area (Å²) in [4.78, 5) is 0. The molecule has 0 aromatic rings. The van der Waals surface area contributed by atoms with E-state index in [1.807, 2.05) is 0 Å². The van der Waals surface area contributed by atoms with Gasteiger partial charge in [0.05, 0.1) is 5.60 Å². The van der Waals surface area contributed by atoms with Gasteiger partial charge in [0.15, 0.2) is 0 Å². The third-order valence-corrected chi connectivity index (χ3v) is 4.22. The van der Waals surface area contributed by atoms with Crippen molar-refractivity contribution in [1.29, 1.82) is 0 Å². The Morgan fingerprint density at radius 3 is 2.86 bits per heavy atom. The molecule has 2 heteroatoms. The molecule has 14 heavy (non-hydrogen) atoms. The van der Waals surface area contributed by atoms with Crippen LogP contribution in [0.25, 0.3) is 0 Å². The van der Waals surface area contributed by atoms with Gasteiger partial charge in [0.25, 0.3) is 0 Å². The summed E-state index contributed by atoms with van der Waals surface area (Å²) in [7, 11) is 0. The first-order valence-corrected chi connectivity index (χ1v) is 6.10. The van der Waals surface area contributed by atoms with Crippen LogP contribution in [0, 0.1) is 11.8 Å². The lowest BCUT2D eigenvalue weighted by Crippen LogP contribution is -2.46. The van der Waals surface area contributed by atoms with Gasteiger partial charge in [-0.1, -0.05) is 6.92 Å². The number of hydrogen-bond donors (Lipinski definition) is 1. The van der Waals surface area contributed by atoms with Crippen molar-refractivity contribution in [3.8, 4) is 0 Å². The number of rotatable bonds is 3. The molecular weight excluding hydrogens is 174 g/mol. The molecule has 2 unspecified atom stereocenters. The van der Waals surface area contributed by atoms with Crippen LogP contribution in [0.5, 0.6) is 0 Å². The number of ether oxygens (including phenoxy) is 1. The highest BCUT2D eigenvalue weighted by Crippen LogP contribution is 2.46. The van der Waals surface area contributed by atoms with Crippen LogP contribution in [0.4, 0.5) is 0 Å². The highest BCUT2D eigenvalue weighted by Gasteiger charge is 2.43. The maximum atomic E-state index is 5.93. The number of nitrogens with two attached hydrogens (primary N) is 1. The third kappa shape index (κ3) is 1.96. The smallest absolute Gasteiger partial charge is 0.0685 e. The van der Waals surface area contributed by atoms with E-state index in [1.54, 1.807) is 0 Å². The third-order valence-electron chi connectivity index (χ3n) is 4.22. The molecule has 0 aromatic heterocycles. The average molecular weight is 197 g/mol. The molecule has 2 fully saturated rings. The molecule has 2 atom stereocenters. The van der Waals surface area contributed by atoms with E-state index in [1.165, 1.54) is 38.5 Å².